The molecule has 126 valence electrons. The second kappa shape index (κ2) is 5.81. The zero-order chi connectivity index (χ0) is 16.9. The molecule has 0 spiro atoms. The van der Waals surface area contributed by atoms with Gasteiger partial charge in [-0.05, 0) is 56.5 Å². The normalized spacial score (nSPS) is 23.0. The molecule has 0 N–H and O–H groups in total. The summed E-state index contributed by atoms with van der Waals surface area (Å²) in [5, 5.41) is 0.362. The zero-order valence-electron chi connectivity index (χ0n) is 13.9. The molecule has 24 heavy (non-hydrogen) atoms. The number of hydrogen-bond donors (Lipinski definition) is 0. The van der Waals surface area contributed by atoms with Gasteiger partial charge in [0.05, 0.1) is 16.6 Å². The summed E-state index contributed by atoms with van der Waals surface area (Å²) >= 11 is 1.85. The number of nitrogens with zero attached hydrogens (tertiary/aromatic N) is 1. The lowest BCUT2D eigenvalue weighted by Crippen LogP contribution is -2.46. The predicted octanol–water partition coefficient (Wildman–Crippen LogP) is 4.53. The van der Waals surface area contributed by atoms with Crippen molar-refractivity contribution in [2.45, 2.75) is 54.2 Å². The van der Waals surface area contributed by atoms with Crippen LogP contribution in [-0.4, -0.2) is 19.7 Å². The van der Waals surface area contributed by atoms with E-state index in [0.717, 1.165) is 41.0 Å². The van der Waals surface area contributed by atoms with Crippen LogP contribution in [0.3, 0.4) is 0 Å². The predicted molar refractivity (Wildman–Crippen MR) is 99.3 cm³/mol. The van der Waals surface area contributed by atoms with Gasteiger partial charge >= 0.3 is 0 Å². The van der Waals surface area contributed by atoms with Gasteiger partial charge in [-0.3, -0.25) is 4.31 Å². The fraction of sp³-hybridized carbons (Fsp3) is 0.368. The molecule has 0 aromatic heterocycles. The highest BCUT2D eigenvalue weighted by atomic mass is 32.2. The molecule has 3 nitrogen and oxygen atoms in total. The van der Waals surface area contributed by atoms with Crippen molar-refractivity contribution in [1.82, 2.24) is 0 Å². The summed E-state index contributed by atoms with van der Waals surface area (Å²) in [6.07, 6.45) is 3.12. The van der Waals surface area contributed by atoms with Crippen molar-refractivity contribution in [3.63, 3.8) is 0 Å². The molecule has 0 saturated heterocycles. The van der Waals surface area contributed by atoms with E-state index in [1.807, 2.05) is 43.8 Å². The molecule has 2 aromatic rings. The number of hydrogen-bond acceptors (Lipinski definition) is 3. The fourth-order valence-corrected chi connectivity index (χ4v) is 7.00. The molecule has 1 heterocycles. The van der Waals surface area contributed by atoms with E-state index >= 15 is 0 Å². The quantitative estimate of drug-likeness (QED) is 0.791. The molecule has 0 amide bonds. The topological polar surface area (TPSA) is 37.4 Å². The first-order chi connectivity index (χ1) is 11.5. The number of benzene rings is 2. The van der Waals surface area contributed by atoms with Crippen LogP contribution in [0.1, 0.15) is 30.4 Å². The van der Waals surface area contributed by atoms with Crippen molar-refractivity contribution < 1.29 is 8.42 Å². The third kappa shape index (κ3) is 2.54. The average Bonchev–Trinajstić information content (AvgIpc) is 3.00. The van der Waals surface area contributed by atoms with Crippen molar-refractivity contribution in [2.24, 2.45) is 0 Å². The van der Waals surface area contributed by atoms with Gasteiger partial charge < -0.3 is 0 Å². The summed E-state index contributed by atoms with van der Waals surface area (Å²) in [5.74, 6) is 0. The molecule has 2 aliphatic rings. The minimum atomic E-state index is -3.54. The average molecular weight is 360 g/mol. The number of anilines is 1. The van der Waals surface area contributed by atoms with Crippen LogP contribution in [0.2, 0.25) is 0 Å². The van der Waals surface area contributed by atoms with Crippen molar-refractivity contribution in [2.75, 3.05) is 4.31 Å². The van der Waals surface area contributed by atoms with E-state index < -0.39 is 10.0 Å². The van der Waals surface area contributed by atoms with Gasteiger partial charge in [0.1, 0.15) is 0 Å². The van der Waals surface area contributed by atoms with Crippen LogP contribution >= 0.6 is 11.8 Å². The Balaban J connectivity index is 1.88. The van der Waals surface area contributed by atoms with E-state index in [9.17, 15) is 8.42 Å². The van der Waals surface area contributed by atoms with Gasteiger partial charge in [0.2, 0.25) is 0 Å². The minimum Gasteiger partial charge on any atom is -0.261 e. The number of sulfonamides is 1. The lowest BCUT2D eigenvalue weighted by atomic mass is 10.1. The third-order valence-electron chi connectivity index (χ3n) is 4.93. The smallest absolute Gasteiger partial charge is 0.261 e. The molecule has 2 atom stereocenters. The van der Waals surface area contributed by atoms with Gasteiger partial charge in [-0.15, -0.1) is 11.8 Å². The number of aryl methyl sites for hydroxylation is 2. The maximum Gasteiger partial charge on any atom is 0.264 e. The van der Waals surface area contributed by atoms with Crippen LogP contribution in [0.15, 0.2) is 52.3 Å². The number of fused-ring (bicyclic) bond motifs is 2. The van der Waals surface area contributed by atoms with Gasteiger partial charge in [-0.25, -0.2) is 8.42 Å². The van der Waals surface area contributed by atoms with Gasteiger partial charge in [0.25, 0.3) is 10.0 Å². The molecule has 2 aromatic carbocycles. The van der Waals surface area contributed by atoms with Crippen molar-refractivity contribution in [3.05, 3.63) is 53.6 Å². The Bertz CT molecular complexity index is 875. The SMILES string of the molecule is Cc1ccc(S(=O)(=O)N2c3cc(C)ccc3S[C@H]3CCC[C@@H]32)cc1. The first kappa shape index (κ1) is 16.0. The van der Waals surface area contributed by atoms with Crippen LogP contribution in [0.5, 0.6) is 0 Å². The van der Waals surface area contributed by atoms with Crippen LogP contribution in [0, 0.1) is 13.8 Å². The number of thioether (sulfide) groups is 1. The van der Waals surface area contributed by atoms with Gasteiger partial charge in [-0.1, -0.05) is 30.2 Å². The Labute approximate surface area is 148 Å². The molecule has 4 rings (SSSR count). The maximum absolute atomic E-state index is 13.4. The molecule has 1 saturated carbocycles. The van der Waals surface area contributed by atoms with E-state index in [-0.39, 0.29) is 6.04 Å². The highest BCUT2D eigenvalue weighted by Crippen LogP contribution is 2.49. The van der Waals surface area contributed by atoms with Crippen LogP contribution < -0.4 is 4.31 Å². The lowest BCUT2D eigenvalue weighted by molar-refractivity contribution is 0.574. The molecule has 0 unspecified atom stereocenters. The second-order valence-corrected chi connectivity index (χ2v) is 9.84. The summed E-state index contributed by atoms with van der Waals surface area (Å²) in [4.78, 5) is 1.47. The standard InChI is InChI=1S/C19H21NO2S2/c1-13-6-9-15(10-7-13)24(21,22)20-16-4-3-5-18(16)23-19-11-8-14(2)12-17(19)20/h6-12,16,18H,3-5H2,1-2H3/t16-,18-/m0/s1. The molecule has 5 heteroatoms. The Morgan fingerprint density at radius 3 is 2.46 bits per heavy atom. The first-order valence-electron chi connectivity index (χ1n) is 8.35. The summed E-state index contributed by atoms with van der Waals surface area (Å²) in [6, 6.07) is 13.4. The molecule has 0 bridgehead atoms. The van der Waals surface area contributed by atoms with Gasteiger partial charge in [0.15, 0.2) is 0 Å². The van der Waals surface area contributed by atoms with E-state index in [1.54, 1.807) is 16.4 Å². The maximum atomic E-state index is 13.4. The summed E-state index contributed by atoms with van der Waals surface area (Å²) in [6.45, 7) is 3.99. The summed E-state index contributed by atoms with van der Waals surface area (Å²) < 4.78 is 28.6. The largest absolute Gasteiger partial charge is 0.264 e. The Morgan fingerprint density at radius 2 is 1.71 bits per heavy atom. The van der Waals surface area contributed by atoms with Crippen molar-refractivity contribution in [1.29, 1.82) is 0 Å². The fourth-order valence-electron chi connectivity index (χ4n) is 3.68. The third-order valence-corrected chi connectivity index (χ3v) is 8.23. The monoisotopic (exact) mass is 359 g/mol. The Morgan fingerprint density at radius 1 is 1.00 bits per heavy atom. The van der Waals surface area contributed by atoms with Crippen molar-refractivity contribution >= 4 is 27.5 Å². The van der Waals surface area contributed by atoms with Crippen LogP contribution in [-0.2, 0) is 10.0 Å². The highest BCUT2D eigenvalue weighted by molar-refractivity contribution is 8.00. The summed E-state index contributed by atoms with van der Waals surface area (Å²) in [5.41, 5.74) is 3.01. The minimum absolute atomic E-state index is 0.0654. The Hall–Kier alpha value is -1.46. The molecular formula is C19H21NO2S2. The van der Waals surface area contributed by atoms with Crippen molar-refractivity contribution in [3.8, 4) is 0 Å². The van der Waals surface area contributed by atoms with E-state index in [0.29, 0.717) is 10.1 Å². The molecular weight excluding hydrogens is 338 g/mol. The molecule has 0 radical (unpaired) electrons. The highest BCUT2D eigenvalue weighted by Gasteiger charge is 2.44. The van der Waals surface area contributed by atoms with E-state index in [1.165, 1.54) is 0 Å². The lowest BCUT2D eigenvalue weighted by Gasteiger charge is -2.39. The van der Waals surface area contributed by atoms with Gasteiger partial charge in [-0.2, -0.15) is 0 Å². The molecule has 1 aliphatic heterocycles. The number of rotatable bonds is 2. The van der Waals surface area contributed by atoms with E-state index in [2.05, 4.69) is 12.1 Å². The van der Waals surface area contributed by atoms with Gasteiger partial charge in [0, 0.05) is 10.1 Å². The Kier molecular flexibility index (Phi) is 3.88. The van der Waals surface area contributed by atoms with Crippen LogP contribution in [0.25, 0.3) is 0 Å². The summed E-state index contributed by atoms with van der Waals surface area (Å²) in [7, 11) is -3.54. The first-order valence-corrected chi connectivity index (χ1v) is 10.7. The second-order valence-electron chi connectivity index (χ2n) is 6.74. The van der Waals surface area contributed by atoms with Crippen LogP contribution in [0.4, 0.5) is 5.69 Å². The molecule has 1 aliphatic carbocycles. The zero-order valence-corrected chi connectivity index (χ0v) is 15.5. The molecule has 1 fully saturated rings. The van der Waals surface area contributed by atoms with E-state index in [4.69, 9.17) is 0 Å².